The molecule has 5 atom stereocenters. The number of rotatable bonds is 4. The van der Waals surface area contributed by atoms with E-state index in [-0.39, 0.29) is 12.1 Å². The van der Waals surface area contributed by atoms with E-state index in [0.717, 1.165) is 12.8 Å². The first kappa shape index (κ1) is 13.6. The predicted octanol–water partition coefficient (Wildman–Crippen LogP) is 1.74. The third-order valence-corrected chi connectivity index (χ3v) is 4.34. The van der Waals surface area contributed by atoms with E-state index in [4.69, 9.17) is 10.5 Å². The lowest BCUT2D eigenvalue weighted by Gasteiger charge is -2.25. The topological polar surface area (TPSA) is 53.1 Å². The van der Waals surface area contributed by atoms with Crippen molar-refractivity contribution in [3.05, 3.63) is 18.0 Å². The molecule has 0 aromatic carbocycles. The molecule has 1 aromatic rings. The summed E-state index contributed by atoms with van der Waals surface area (Å²) in [5, 5.41) is 4.19. The lowest BCUT2D eigenvalue weighted by molar-refractivity contribution is 0.0487. The van der Waals surface area contributed by atoms with Crippen LogP contribution in [0.5, 0.6) is 0 Å². The smallest absolute Gasteiger partial charge is 0.0597 e. The maximum Gasteiger partial charge on any atom is 0.0597 e. The average Bonchev–Trinajstić information content (AvgIpc) is 2.82. The third kappa shape index (κ3) is 2.75. The Morgan fingerprint density at radius 3 is 2.61 bits per heavy atom. The van der Waals surface area contributed by atoms with E-state index in [1.807, 2.05) is 17.9 Å². The second-order valence-electron chi connectivity index (χ2n) is 5.71. The van der Waals surface area contributed by atoms with E-state index in [9.17, 15) is 0 Å². The van der Waals surface area contributed by atoms with Gasteiger partial charge in [-0.05, 0) is 38.2 Å². The molecule has 102 valence electrons. The molecular formula is C14H25N3O. The largest absolute Gasteiger partial charge is 0.375 e. The minimum absolute atomic E-state index is 0.208. The fourth-order valence-electron chi connectivity index (χ4n) is 3.16. The molecule has 2 N–H and O–H groups in total. The highest BCUT2D eigenvalue weighted by Crippen LogP contribution is 2.34. The van der Waals surface area contributed by atoms with Crippen molar-refractivity contribution in [2.45, 2.75) is 51.9 Å². The molecule has 1 saturated heterocycles. The zero-order chi connectivity index (χ0) is 13.3. The van der Waals surface area contributed by atoms with Gasteiger partial charge < -0.3 is 10.5 Å². The molecule has 1 aromatic heterocycles. The molecule has 0 radical (unpaired) electrons. The summed E-state index contributed by atoms with van der Waals surface area (Å²) < 4.78 is 7.71. The molecule has 1 fully saturated rings. The first-order chi connectivity index (χ1) is 8.49. The summed E-state index contributed by atoms with van der Waals surface area (Å²) in [5.74, 6) is 1.01. The van der Waals surface area contributed by atoms with Crippen molar-refractivity contribution in [3.63, 3.8) is 0 Å². The summed E-state index contributed by atoms with van der Waals surface area (Å²) in [4.78, 5) is 0. The van der Waals surface area contributed by atoms with E-state index >= 15 is 0 Å². The molecule has 0 saturated carbocycles. The van der Waals surface area contributed by atoms with Crippen LogP contribution < -0.4 is 5.73 Å². The summed E-state index contributed by atoms with van der Waals surface area (Å²) >= 11 is 0. The molecule has 0 bridgehead atoms. The van der Waals surface area contributed by atoms with E-state index < -0.39 is 0 Å². The quantitative estimate of drug-likeness (QED) is 0.887. The molecule has 2 rings (SSSR count). The Hall–Kier alpha value is -0.870. The number of nitrogens with two attached hydrogens (primary N) is 1. The van der Waals surface area contributed by atoms with Gasteiger partial charge >= 0.3 is 0 Å². The van der Waals surface area contributed by atoms with Crippen molar-refractivity contribution in [2.75, 3.05) is 0 Å². The maximum atomic E-state index is 6.37. The van der Waals surface area contributed by atoms with Gasteiger partial charge in [-0.3, -0.25) is 4.68 Å². The first-order valence-corrected chi connectivity index (χ1v) is 6.87. The highest BCUT2D eigenvalue weighted by atomic mass is 16.5. The number of hydrogen-bond donors (Lipinski definition) is 1. The van der Waals surface area contributed by atoms with Crippen LogP contribution in [0.1, 0.15) is 32.8 Å². The second-order valence-corrected chi connectivity index (χ2v) is 5.71. The third-order valence-electron chi connectivity index (χ3n) is 4.34. The van der Waals surface area contributed by atoms with Crippen LogP contribution in [-0.4, -0.2) is 28.0 Å². The maximum absolute atomic E-state index is 6.37. The van der Waals surface area contributed by atoms with Crippen LogP contribution in [0, 0.1) is 11.8 Å². The zero-order valence-electron chi connectivity index (χ0n) is 11.8. The number of nitrogens with zero attached hydrogens (tertiary/aromatic N) is 2. The van der Waals surface area contributed by atoms with Gasteiger partial charge in [0.25, 0.3) is 0 Å². The lowest BCUT2D eigenvalue weighted by atomic mass is 9.82. The Kier molecular flexibility index (Phi) is 4.07. The highest BCUT2D eigenvalue weighted by molar-refractivity contribution is 5.04. The molecule has 2 heterocycles. The fraction of sp³-hybridized carbons (Fsp3) is 0.786. The molecule has 1 aliphatic rings. The van der Waals surface area contributed by atoms with E-state index in [0.29, 0.717) is 17.9 Å². The van der Waals surface area contributed by atoms with Crippen molar-refractivity contribution in [2.24, 2.45) is 24.6 Å². The number of aromatic nitrogens is 2. The standard InChI is InChI=1S/C14H25N3O/c1-9-10(2)18-11(3)14(9)13(15)6-5-12-7-16-17(4)8-12/h7-11,13-14H,5-6,15H2,1-4H3. The zero-order valence-corrected chi connectivity index (χ0v) is 11.8. The second kappa shape index (κ2) is 5.41. The SMILES string of the molecule is CC1OC(C)C(C(N)CCc2cnn(C)c2)C1C. The van der Waals surface area contributed by atoms with Crippen molar-refractivity contribution in [3.8, 4) is 0 Å². The Morgan fingerprint density at radius 2 is 2.11 bits per heavy atom. The van der Waals surface area contributed by atoms with Crippen LogP contribution in [0.15, 0.2) is 12.4 Å². The van der Waals surface area contributed by atoms with Crippen LogP contribution in [0.3, 0.4) is 0 Å². The van der Waals surface area contributed by atoms with Gasteiger partial charge in [-0.2, -0.15) is 5.10 Å². The van der Waals surface area contributed by atoms with Crippen LogP contribution in [0.2, 0.25) is 0 Å². The van der Waals surface area contributed by atoms with Gasteiger partial charge in [-0.25, -0.2) is 0 Å². The highest BCUT2D eigenvalue weighted by Gasteiger charge is 2.39. The molecule has 18 heavy (non-hydrogen) atoms. The molecule has 0 amide bonds. The Bertz CT molecular complexity index is 390. The van der Waals surface area contributed by atoms with E-state index in [2.05, 4.69) is 32.1 Å². The predicted molar refractivity (Wildman–Crippen MR) is 72.2 cm³/mol. The van der Waals surface area contributed by atoms with Crippen molar-refractivity contribution in [1.29, 1.82) is 0 Å². The molecule has 1 aliphatic heterocycles. The van der Waals surface area contributed by atoms with Gasteiger partial charge in [0.05, 0.1) is 18.4 Å². The van der Waals surface area contributed by atoms with Gasteiger partial charge in [0.15, 0.2) is 0 Å². The van der Waals surface area contributed by atoms with Crippen molar-refractivity contribution < 1.29 is 4.74 Å². The first-order valence-electron chi connectivity index (χ1n) is 6.87. The van der Waals surface area contributed by atoms with Crippen LogP contribution in [0.4, 0.5) is 0 Å². The molecular weight excluding hydrogens is 226 g/mol. The van der Waals surface area contributed by atoms with Crippen LogP contribution in [0.25, 0.3) is 0 Å². The molecule has 5 unspecified atom stereocenters. The Balaban J connectivity index is 1.89. The summed E-state index contributed by atoms with van der Waals surface area (Å²) in [7, 11) is 1.94. The van der Waals surface area contributed by atoms with Gasteiger partial charge in [0, 0.05) is 25.2 Å². The summed E-state index contributed by atoms with van der Waals surface area (Å²) in [6.45, 7) is 6.55. The molecule has 4 nitrogen and oxygen atoms in total. The van der Waals surface area contributed by atoms with Gasteiger partial charge in [-0.1, -0.05) is 6.92 Å². The van der Waals surface area contributed by atoms with E-state index in [1.54, 1.807) is 0 Å². The summed E-state index contributed by atoms with van der Waals surface area (Å²) in [6.07, 6.45) is 6.59. The molecule has 0 aliphatic carbocycles. The number of hydrogen-bond acceptors (Lipinski definition) is 3. The normalized spacial score (nSPS) is 33.8. The Labute approximate surface area is 110 Å². The lowest BCUT2D eigenvalue weighted by Crippen LogP contribution is -2.38. The van der Waals surface area contributed by atoms with Crippen molar-refractivity contribution in [1.82, 2.24) is 9.78 Å². The van der Waals surface area contributed by atoms with Crippen LogP contribution in [-0.2, 0) is 18.2 Å². The number of ether oxygens (including phenoxy) is 1. The monoisotopic (exact) mass is 251 g/mol. The summed E-state index contributed by atoms with van der Waals surface area (Å²) in [5.41, 5.74) is 7.63. The summed E-state index contributed by atoms with van der Waals surface area (Å²) in [6, 6.07) is 0.208. The average molecular weight is 251 g/mol. The molecule has 4 heteroatoms. The minimum atomic E-state index is 0.208. The van der Waals surface area contributed by atoms with E-state index in [1.165, 1.54) is 5.56 Å². The van der Waals surface area contributed by atoms with Crippen molar-refractivity contribution >= 4 is 0 Å². The fourth-order valence-corrected chi connectivity index (χ4v) is 3.16. The minimum Gasteiger partial charge on any atom is -0.375 e. The van der Waals surface area contributed by atoms with Gasteiger partial charge in [-0.15, -0.1) is 0 Å². The van der Waals surface area contributed by atoms with Gasteiger partial charge in [0.1, 0.15) is 0 Å². The van der Waals surface area contributed by atoms with Gasteiger partial charge in [0.2, 0.25) is 0 Å². The molecule has 0 spiro atoms. The number of aryl methyl sites for hydroxylation is 2. The Morgan fingerprint density at radius 1 is 1.39 bits per heavy atom. The van der Waals surface area contributed by atoms with Crippen LogP contribution >= 0.6 is 0 Å².